The number of aliphatic hydroxyl groups is 1. The van der Waals surface area contributed by atoms with Crippen LogP contribution in [0.3, 0.4) is 0 Å². The molecule has 0 aromatic heterocycles. The van der Waals surface area contributed by atoms with E-state index in [4.69, 9.17) is 17.3 Å². The van der Waals surface area contributed by atoms with E-state index in [2.05, 4.69) is 0 Å². The fourth-order valence-electron chi connectivity index (χ4n) is 1.14. The summed E-state index contributed by atoms with van der Waals surface area (Å²) in [5.41, 5.74) is 4.84. The molecule has 0 amide bonds. The van der Waals surface area contributed by atoms with Crippen molar-refractivity contribution in [1.29, 1.82) is 0 Å². The molecule has 0 aliphatic heterocycles. The van der Waals surface area contributed by atoms with Gasteiger partial charge in [0.05, 0.1) is 5.56 Å². The van der Waals surface area contributed by atoms with Crippen molar-refractivity contribution < 1.29 is 19.0 Å². The van der Waals surface area contributed by atoms with E-state index in [0.717, 1.165) is 0 Å². The summed E-state index contributed by atoms with van der Waals surface area (Å²) in [5.74, 6) is -2.99. The summed E-state index contributed by atoms with van der Waals surface area (Å²) in [6.45, 7) is 1.42. The molecule has 15 heavy (non-hydrogen) atoms. The second kappa shape index (κ2) is 4.30. The first-order valence-electron chi connectivity index (χ1n) is 4.16. The second-order valence-corrected chi connectivity index (χ2v) is 3.60. The van der Waals surface area contributed by atoms with Gasteiger partial charge in [0.2, 0.25) is 0 Å². The van der Waals surface area contributed by atoms with Gasteiger partial charge >= 0.3 is 0 Å². The summed E-state index contributed by atoms with van der Waals surface area (Å²) >= 11 is 5.29. The average molecular weight is 238 g/mol. The maximum Gasteiger partial charge on any atom is 0.154 e. The smallest absolute Gasteiger partial charge is 0.154 e. The van der Waals surface area contributed by atoms with Gasteiger partial charge < -0.3 is 15.9 Å². The minimum absolute atomic E-state index is 0.489. The fourth-order valence-corrected chi connectivity index (χ4v) is 1.30. The minimum atomic E-state index is -1.44. The number of aromatic hydroxyl groups is 1. The van der Waals surface area contributed by atoms with Crippen LogP contribution in [0.15, 0.2) is 6.07 Å². The van der Waals surface area contributed by atoms with Gasteiger partial charge in [0.25, 0.3) is 0 Å². The number of halogens is 3. The van der Waals surface area contributed by atoms with Crippen molar-refractivity contribution in [2.75, 3.05) is 0 Å². The van der Waals surface area contributed by atoms with Gasteiger partial charge in [0.1, 0.15) is 22.7 Å². The summed E-state index contributed by atoms with van der Waals surface area (Å²) in [5, 5.41) is 18.0. The summed E-state index contributed by atoms with van der Waals surface area (Å²) in [7, 11) is 0. The molecule has 1 rings (SSSR count). The van der Waals surface area contributed by atoms with Crippen molar-refractivity contribution >= 4 is 11.6 Å². The maximum atomic E-state index is 13.4. The van der Waals surface area contributed by atoms with Crippen LogP contribution in [0, 0.1) is 11.6 Å². The monoisotopic (exact) mass is 237 g/mol. The number of rotatable bonds is 2. The number of benzene rings is 1. The predicted octanol–water partition coefficient (Wildman–Crippen LogP) is 1.70. The molecule has 84 valence electrons. The van der Waals surface area contributed by atoms with Crippen LogP contribution in [-0.2, 0) is 0 Å². The molecule has 3 nitrogen and oxygen atoms in total. The Bertz CT molecular complexity index is 385. The van der Waals surface area contributed by atoms with E-state index < -0.39 is 40.1 Å². The van der Waals surface area contributed by atoms with E-state index in [1.807, 2.05) is 0 Å². The quantitative estimate of drug-likeness (QED) is 0.686. The van der Waals surface area contributed by atoms with Gasteiger partial charge in [-0.25, -0.2) is 8.78 Å². The van der Waals surface area contributed by atoms with Crippen molar-refractivity contribution in [2.45, 2.75) is 19.1 Å². The van der Waals surface area contributed by atoms with E-state index in [9.17, 15) is 19.0 Å². The second-order valence-electron chi connectivity index (χ2n) is 3.22. The third-order valence-corrected chi connectivity index (χ3v) is 2.32. The first kappa shape index (κ1) is 12.2. The van der Waals surface area contributed by atoms with Crippen molar-refractivity contribution in [3.05, 3.63) is 28.3 Å². The molecule has 0 radical (unpaired) electrons. The summed E-state index contributed by atoms with van der Waals surface area (Å²) in [6.07, 6.45) is -1.44. The Kier molecular flexibility index (Phi) is 3.49. The summed E-state index contributed by atoms with van der Waals surface area (Å²) < 4.78 is 26.2. The molecule has 0 aliphatic carbocycles. The van der Waals surface area contributed by atoms with Crippen molar-refractivity contribution in [1.82, 2.24) is 0 Å². The lowest BCUT2D eigenvalue weighted by molar-refractivity contribution is 0.145. The van der Waals surface area contributed by atoms with Crippen molar-refractivity contribution in [2.24, 2.45) is 5.73 Å². The number of phenols is 1. The van der Waals surface area contributed by atoms with Gasteiger partial charge in [-0.1, -0.05) is 11.6 Å². The first-order valence-corrected chi connectivity index (χ1v) is 4.54. The van der Waals surface area contributed by atoms with E-state index in [1.165, 1.54) is 6.92 Å². The highest BCUT2D eigenvalue weighted by atomic mass is 35.5. The molecule has 1 aromatic rings. The van der Waals surface area contributed by atoms with E-state index in [0.29, 0.717) is 6.07 Å². The summed E-state index contributed by atoms with van der Waals surface area (Å²) in [4.78, 5) is 0. The van der Waals surface area contributed by atoms with Crippen LogP contribution < -0.4 is 5.73 Å². The number of phenolic OH excluding ortho intramolecular Hbond substituents is 1. The molecule has 0 spiro atoms. The molecule has 0 fully saturated rings. The molecule has 0 saturated heterocycles. The Morgan fingerprint density at radius 3 is 2.47 bits per heavy atom. The van der Waals surface area contributed by atoms with Gasteiger partial charge in [-0.15, -0.1) is 0 Å². The van der Waals surface area contributed by atoms with Crippen LogP contribution in [0.4, 0.5) is 8.78 Å². The standard InChI is InChI=1S/C9H10ClF2NO2/c1-3(13)9(15)6-5(14)2-4(11)7(10)8(6)12/h2-3,9,14-15H,13H2,1H3. The van der Waals surface area contributed by atoms with Gasteiger partial charge in [0.15, 0.2) is 5.82 Å². The van der Waals surface area contributed by atoms with Crippen LogP contribution >= 0.6 is 11.6 Å². The van der Waals surface area contributed by atoms with E-state index in [1.54, 1.807) is 0 Å². The topological polar surface area (TPSA) is 66.5 Å². The van der Waals surface area contributed by atoms with E-state index in [-0.39, 0.29) is 0 Å². The largest absolute Gasteiger partial charge is 0.507 e. The molecule has 0 saturated carbocycles. The zero-order valence-electron chi connectivity index (χ0n) is 7.84. The number of aliphatic hydroxyl groups excluding tert-OH is 1. The highest BCUT2D eigenvalue weighted by molar-refractivity contribution is 6.31. The minimum Gasteiger partial charge on any atom is -0.507 e. The van der Waals surface area contributed by atoms with Crippen LogP contribution in [0.2, 0.25) is 5.02 Å². The van der Waals surface area contributed by atoms with Crippen molar-refractivity contribution in [3.8, 4) is 5.75 Å². The highest BCUT2D eigenvalue weighted by Crippen LogP contribution is 2.34. The van der Waals surface area contributed by atoms with Crippen LogP contribution in [0.5, 0.6) is 5.75 Å². The normalized spacial score (nSPS) is 15.1. The third kappa shape index (κ3) is 2.19. The molecule has 0 aliphatic rings. The molecular formula is C9H10ClF2NO2. The zero-order chi connectivity index (χ0) is 11.7. The fraction of sp³-hybridized carbons (Fsp3) is 0.333. The Labute approximate surface area is 90.1 Å². The van der Waals surface area contributed by atoms with Gasteiger partial charge in [-0.3, -0.25) is 0 Å². The average Bonchev–Trinajstić information content (AvgIpc) is 2.14. The van der Waals surface area contributed by atoms with Gasteiger partial charge in [-0.05, 0) is 6.92 Å². The molecule has 1 aromatic carbocycles. The van der Waals surface area contributed by atoms with Gasteiger partial charge in [0, 0.05) is 12.1 Å². The molecular weight excluding hydrogens is 228 g/mol. The molecule has 0 bridgehead atoms. The van der Waals surface area contributed by atoms with Crippen LogP contribution in [0.25, 0.3) is 0 Å². The van der Waals surface area contributed by atoms with Crippen molar-refractivity contribution in [3.63, 3.8) is 0 Å². The lowest BCUT2D eigenvalue weighted by Gasteiger charge is -2.17. The maximum absolute atomic E-state index is 13.4. The SMILES string of the molecule is CC(N)C(O)c1c(O)cc(F)c(Cl)c1F. The number of hydrogen-bond acceptors (Lipinski definition) is 3. The molecule has 6 heteroatoms. The molecule has 4 N–H and O–H groups in total. The third-order valence-electron chi connectivity index (χ3n) is 1.97. The molecule has 2 unspecified atom stereocenters. The van der Waals surface area contributed by atoms with E-state index >= 15 is 0 Å². The van der Waals surface area contributed by atoms with Crippen LogP contribution in [-0.4, -0.2) is 16.3 Å². The first-order chi connectivity index (χ1) is 6.86. The number of hydrogen-bond donors (Lipinski definition) is 3. The summed E-state index contributed by atoms with van der Waals surface area (Å²) in [6, 6.07) is -0.182. The van der Waals surface area contributed by atoms with Gasteiger partial charge in [-0.2, -0.15) is 0 Å². The Balaban J connectivity index is 3.36. The number of nitrogens with two attached hydrogens (primary N) is 1. The highest BCUT2D eigenvalue weighted by Gasteiger charge is 2.25. The van der Waals surface area contributed by atoms with Crippen LogP contribution in [0.1, 0.15) is 18.6 Å². The molecule has 0 heterocycles. The molecule has 2 atom stereocenters. The predicted molar refractivity (Wildman–Crippen MR) is 51.6 cm³/mol. The Morgan fingerprint density at radius 2 is 2.00 bits per heavy atom. The zero-order valence-corrected chi connectivity index (χ0v) is 8.59. The Morgan fingerprint density at radius 1 is 1.47 bits per heavy atom. The Hall–Kier alpha value is -0.910. The lowest BCUT2D eigenvalue weighted by Crippen LogP contribution is -2.25. The lowest BCUT2D eigenvalue weighted by atomic mass is 10.0.